The maximum atomic E-state index is 4.66. The Balaban J connectivity index is 2.36. The zero-order valence-corrected chi connectivity index (χ0v) is 14.6. The minimum absolute atomic E-state index is 0.0158. The zero-order chi connectivity index (χ0) is 15.1. The lowest BCUT2D eigenvalue weighted by atomic mass is 10.1. The summed E-state index contributed by atoms with van der Waals surface area (Å²) >= 11 is 3.95. The van der Waals surface area contributed by atoms with E-state index in [1.54, 1.807) is 0 Å². The van der Waals surface area contributed by atoms with Gasteiger partial charge in [-0.1, -0.05) is 50.2 Å². The normalized spacial score (nSPS) is 15.4. The van der Waals surface area contributed by atoms with E-state index in [9.17, 15) is 0 Å². The summed E-state index contributed by atoms with van der Waals surface area (Å²) in [5, 5.41) is 0.614. The van der Waals surface area contributed by atoms with E-state index in [0.29, 0.717) is 5.25 Å². The van der Waals surface area contributed by atoms with E-state index < -0.39 is 0 Å². The Hall–Kier alpha value is -0.930. The van der Waals surface area contributed by atoms with E-state index in [4.69, 9.17) is 0 Å². The summed E-state index contributed by atoms with van der Waals surface area (Å²) in [6.45, 7) is 4.56. The summed E-state index contributed by atoms with van der Waals surface area (Å²) in [7, 11) is 0. The number of hydrogen-bond acceptors (Lipinski definition) is 3. The smallest absolute Gasteiger partial charge is 0.107 e. The van der Waals surface area contributed by atoms with Crippen LogP contribution in [0.15, 0.2) is 54.7 Å². The number of thioether (sulfide) groups is 2. The van der Waals surface area contributed by atoms with Crippen LogP contribution in [0.4, 0.5) is 0 Å². The van der Waals surface area contributed by atoms with Crippen molar-refractivity contribution in [1.29, 1.82) is 0 Å². The van der Waals surface area contributed by atoms with Crippen LogP contribution in [0.25, 0.3) is 0 Å². The summed E-state index contributed by atoms with van der Waals surface area (Å²) in [6.07, 6.45) is 6.28. The molecule has 2 atom stereocenters. The molecule has 1 nitrogen and oxygen atoms in total. The number of hydrogen-bond donors (Lipinski definition) is 0. The Kier molecular flexibility index (Phi) is 6.19. The van der Waals surface area contributed by atoms with Crippen molar-refractivity contribution in [2.75, 3.05) is 6.26 Å². The first kappa shape index (κ1) is 16.4. The van der Waals surface area contributed by atoms with Crippen molar-refractivity contribution in [3.63, 3.8) is 0 Å². The second-order valence-electron chi connectivity index (χ2n) is 5.17. The van der Waals surface area contributed by atoms with E-state index >= 15 is 0 Å². The SMILES string of the molecule is CCC(C)SC(Cc1ccccc1)(SC)c1ccccn1. The number of pyridine rings is 1. The minimum atomic E-state index is -0.0158. The van der Waals surface area contributed by atoms with Gasteiger partial charge >= 0.3 is 0 Å². The lowest BCUT2D eigenvalue weighted by molar-refractivity contribution is 0.806. The predicted molar refractivity (Wildman–Crippen MR) is 96.9 cm³/mol. The highest BCUT2D eigenvalue weighted by Crippen LogP contribution is 2.49. The molecule has 0 radical (unpaired) electrons. The van der Waals surface area contributed by atoms with Crippen LogP contribution in [0.3, 0.4) is 0 Å². The van der Waals surface area contributed by atoms with Crippen molar-refractivity contribution >= 4 is 23.5 Å². The Labute approximate surface area is 137 Å². The Morgan fingerprint density at radius 1 is 1.10 bits per heavy atom. The molecule has 2 unspecified atom stereocenters. The van der Waals surface area contributed by atoms with Gasteiger partial charge in [0, 0.05) is 17.9 Å². The average molecular weight is 318 g/mol. The van der Waals surface area contributed by atoms with Gasteiger partial charge < -0.3 is 0 Å². The summed E-state index contributed by atoms with van der Waals surface area (Å²) in [5.74, 6) is 0. The molecule has 0 bridgehead atoms. The van der Waals surface area contributed by atoms with Gasteiger partial charge in [-0.3, -0.25) is 4.98 Å². The molecule has 112 valence electrons. The first-order chi connectivity index (χ1) is 10.2. The topological polar surface area (TPSA) is 12.9 Å². The second-order valence-corrected chi connectivity index (χ2v) is 8.27. The zero-order valence-electron chi connectivity index (χ0n) is 13.0. The molecule has 2 aromatic rings. The molecule has 0 spiro atoms. The Morgan fingerprint density at radius 3 is 2.38 bits per heavy atom. The second kappa shape index (κ2) is 7.90. The molecule has 0 N–H and O–H groups in total. The third-order valence-electron chi connectivity index (χ3n) is 3.63. The number of nitrogens with zero attached hydrogens (tertiary/aromatic N) is 1. The average Bonchev–Trinajstić information content (AvgIpc) is 2.55. The molecule has 0 fully saturated rings. The maximum Gasteiger partial charge on any atom is 0.107 e. The monoisotopic (exact) mass is 317 g/mol. The highest BCUT2D eigenvalue weighted by atomic mass is 32.2. The number of rotatable bonds is 7. The van der Waals surface area contributed by atoms with Gasteiger partial charge in [0.05, 0.1) is 5.69 Å². The molecule has 0 saturated heterocycles. The fourth-order valence-corrected chi connectivity index (χ4v) is 5.11. The van der Waals surface area contributed by atoms with Crippen molar-refractivity contribution in [2.24, 2.45) is 0 Å². The molecule has 0 aliphatic rings. The summed E-state index contributed by atoms with van der Waals surface area (Å²) < 4.78 is -0.0158. The van der Waals surface area contributed by atoms with Gasteiger partial charge in [0.1, 0.15) is 4.08 Å². The largest absolute Gasteiger partial charge is 0.259 e. The van der Waals surface area contributed by atoms with E-state index in [2.05, 4.69) is 67.6 Å². The van der Waals surface area contributed by atoms with Crippen molar-refractivity contribution < 1.29 is 0 Å². The highest BCUT2D eigenvalue weighted by Gasteiger charge is 2.35. The van der Waals surface area contributed by atoms with Gasteiger partial charge in [-0.05, 0) is 30.4 Å². The van der Waals surface area contributed by atoms with Crippen LogP contribution in [-0.2, 0) is 10.5 Å². The van der Waals surface area contributed by atoms with Crippen LogP contribution in [0.2, 0.25) is 0 Å². The third kappa shape index (κ3) is 4.27. The van der Waals surface area contributed by atoms with Crippen LogP contribution in [-0.4, -0.2) is 16.5 Å². The van der Waals surface area contributed by atoms with Crippen LogP contribution < -0.4 is 0 Å². The maximum absolute atomic E-state index is 4.66. The summed E-state index contributed by atoms with van der Waals surface area (Å²) in [4.78, 5) is 4.66. The van der Waals surface area contributed by atoms with Gasteiger partial charge in [0.15, 0.2) is 0 Å². The van der Waals surface area contributed by atoms with Crippen molar-refractivity contribution in [2.45, 2.75) is 36.0 Å². The standard InChI is InChI=1S/C18H23NS2/c1-4-15(2)21-18(20-3,17-12-8-9-13-19-17)14-16-10-6-5-7-11-16/h5-13,15H,4,14H2,1-3H3. The van der Waals surface area contributed by atoms with Gasteiger partial charge in [-0.25, -0.2) is 0 Å². The van der Waals surface area contributed by atoms with E-state index in [0.717, 1.165) is 6.42 Å². The van der Waals surface area contributed by atoms with Gasteiger partial charge in [0.25, 0.3) is 0 Å². The first-order valence-corrected chi connectivity index (χ1v) is 9.49. The van der Waals surface area contributed by atoms with Crippen LogP contribution in [0.1, 0.15) is 31.5 Å². The van der Waals surface area contributed by atoms with Crippen molar-refractivity contribution in [1.82, 2.24) is 4.98 Å². The van der Waals surface area contributed by atoms with E-state index in [1.165, 1.54) is 17.7 Å². The van der Waals surface area contributed by atoms with Crippen LogP contribution in [0, 0.1) is 0 Å². The molecule has 2 rings (SSSR count). The van der Waals surface area contributed by atoms with Gasteiger partial charge in [-0.15, -0.1) is 23.5 Å². The molecule has 1 heterocycles. The quantitative estimate of drug-likeness (QED) is 0.637. The van der Waals surface area contributed by atoms with Gasteiger partial charge in [-0.2, -0.15) is 0 Å². The van der Waals surface area contributed by atoms with Gasteiger partial charge in [0.2, 0.25) is 0 Å². The molecule has 1 aromatic carbocycles. The fraction of sp³-hybridized carbons (Fsp3) is 0.389. The van der Waals surface area contributed by atoms with E-state index in [1.807, 2.05) is 35.8 Å². The molecule has 0 aliphatic heterocycles. The van der Waals surface area contributed by atoms with Crippen LogP contribution >= 0.6 is 23.5 Å². The first-order valence-electron chi connectivity index (χ1n) is 7.38. The molecule has 21 heavy (non-hydrogen) atoms. The Morgan fingerprint density at radius 2 is 1.81 bits per heavy atom. The summed E-state index contributed by atoms with van der Waals surface area (Å²) in [6, 6.07) is 17.0. The fourth-order valence-electron chi connectivity index (χ4n) is 2.28. The molecule has 0 amide bonds. The Bertz CT molecular complexity index is 529. The molecule has 3 heteroatoms. The lowest BCUT2D eigenvalue weighted by Crippen LogP contribution is -2.24. The highest BCUT2D eigenvalue weighted by molar-refractivity contribution is 8.17. The molecular weight excluding hydrogens is 294 g/mol. The van der Waals surface area contributed by atoms with Crippen molar-refractivity contribution in [3.8, 4) is 0 Å². The molecule has 0 aliphatic carbocycles. The third-order valence-corrected chi connectivity index (χ3v) is 6.90. The number of benzene rings is 1. The summed E-state index contributed by atoms with van der Waals surface area (Å²) in [5.41, 5.74) is 2.54. The van der Waals surface area contributed by atoms with Crippen molar-refractivity contribution in [3.05, 3.63) is 66.0 Å². The lowest BCUT2D eigenvalue weighted by Gasteiger charge is -2.33. The van der Waals surface area contributed by atoms with Crippen LogP contribution in [0.5, 0.6) is 0 Å². The number of aromatic nitrogens is 1. The predicted octanol–water partition coefficient (Wildman–Crippen LogP) is 5.37. The minimum Gasteiger partial charge on any atom is -0.259 e. The van der Waals surface area contributed by atoms with E-state index in [-0.39, 0.29) is 4.08 Å². The molecule has 0 saturated carbocycles. The molecule has 1 aromatic heterocycles. The molecular formula is C18H23NS2.